The Bertz CT molecular complexity index is 348. The van der Waals surface area contributed by atoms with Crippen molar-refractivity contribution in [3.05, 3.63) is 21.9 Å². The van der Waals surface area contributed by atoms with Gasteiger partial charge >= 0.3 is 0 Å². The fourth-order valence-electron chi connectivity index (χ4n) is 1.61. The highest BCUT2D eigenvalue weighted by atomic mass is 32.2. The van der Waals surface area contributed by atoms with Crippen molar-refractivity contribution in [2.45, 2.75) is 19.2 Å². The first-order valence-corrected chi connectivity index (χ1v) is 6.50. The first-order valence-electron chi connectivity index (χ1n) is 4.63. The minimum absolute atomic E-state index is 0.186. The van der Waals surface area contributed by atoms with Gasteiger partial charge in [-0.2, -0.15) is 0 Å². The lowest BCUT2D eigenvalue weighted by Gasteiger charge is -2.20. The molecule has 4 heteroatoms. The van der Waals surface area contributed by atoms with E-state index in [1.54, 1.807) is 18.3 Å². The Morgan fingerprint density at radius 1 is 1.57 bits per heavy atom. The maximum atomic E-state index is 11.4. The zero-order chi connectivity index (χ0) is 10.1. The summed E-state index contributed by atoms with van der Waals surface area (Å²) in [4.78, 5) is 15.9. The van der Waals surface area contributed by atoms with Crippen LogP contribution >= 0.6 is 23.1 Å². The zero-order valence-electron chi connectivity index (χ0n) is 8.32. The number of hydrogen-bond donors (Lipinski definition) is 0. The second-order valence-corrected chi connectivity index (χ2v) is 5.89. The molecule has 76 valence electrons. The lowest BCUT2D eigenvalue weighted by atomic mass is 10.4. The van der Waals surface area contributed by atoms with Crippen LogP contribution in [0.25, 0.3) is 0 Å². The van der Waals surface area contributed by atoms with Crippen LogP contribution in [0.4, 0.5) is 0 Å². The Morgan fingerprint density at radius 2 is 2.36 bits per heavy atom. The third kappa shape index (κ3) is 1.81. The summed E-state index contributed by atoms with van der Waals surface area (Å²) in [6.07, 6.45) is 0. The molecule has 14 heavy (non-hydrogen) atoms. The van der Waals surface area contributed by atoms with Crippen molar-refractivity contribution in [3.63, 3.8) is 0 Å². The largest absolute Gasteiger partial charge is 0.325 e. The zero-order valence-corrected chi connectivity index (χ0v) is 9.95. The van der Waals surface area contributed by atoms with Crippen molar-refractivity contribution >= 4 is 29.0 Å². The van der Waals surface area contributed by atoms with Gasteiger partial charge in [0.25, 0.3) is 0 Å². The summed E-state index contributed by atoms with van der Waals surface area (Å²) < 4.78 is 0. The molecule has 0 bridgehead atoms. The Morgan fingerprint density at radius 3 is 2.93 bits per heavy atom. The normalized spacial score (nSPS) is 21.6. The van der Waals surface area contributed by atoms with Crippen LogP contribution in [0.2, 0.25) is 0 Å². The molecule has 0 unspecified atom stereocenters. The van der Waals surface area contributed by atoms with E-state index in [0.29, 0.717) is 0 Å². The number of carbonyl (C=O) groups excluding carboxylic acids is 1. The topological polar surface area (TPSA) is 20.3 Å². The summed E-state index contributed by atoms with van der Waals surface area (Å²) in [5.41, 5.74) is 0. The van der Waals surface area contributed by atoms with E-state index in [1.807, 2.05) is 16.7 Å². The maximum Gasteiger partial charge on any atom is 0.220 e. The molecule has 1 aliphatic heterocycles. The summed E-state index contributed by atoms with van der Waals surface area (Å²) in [5.74, 6) is 1.24. The molecule has 0 saturated carbocycles. The molecule has 0 spiro atoms. The Labute approximate surface area is 92.3 Å². The van der Waals surface area contributed by atoms with E-state index >= 15 is 0 Å². The quantitative estimate of drug-likeness (QED) is 0.735. The van der Waals surface area contributed by atoms with E-state index in [1.165, 1.54) is 9.75 Å². The molecule has 0 aliphatic carbocycles. The van der Waals surface area contributed by atoms with Crippen LogP contribution in [-0.4, -0.2) is 23.1 Å². The molecular formula is C10H13NOS2. The Balaban J connectivity index is 2.21. The van der Waals surface area contributed by atoms with Gasteiger partial charge in [-0.3, -0.25) is 4.79 Å². The average Bonchev–Trinajstić information content (AvgIpc) is 2.70. The van der Waals surface area contributed by atoms with Crippen LogP contribution in [0.5, 0.6) is 0 Å². The van der Waals surface area contributed by atoms with Crippen LogP contribution in [0.1, 0.15) is 22.1 Å². The van der Waals surface area contributed by atoms with Gasteiger partial charge in [0.15, 0.2) is 0 Å². The Hall–Kier alpha value is -0.480. The van der Waals surface area contributed by atoms with E-state index in [-0.39, 0.29) is 11.3 Å². The Kier molecular flexibility index (Phi) is 2.83. The number of thiophene rings is 1. The predicted octanol–water partition coefficient (Wildman–Crippen LogP) is 2.65. The van der Waals surface area contributed by atoms with Crippen molar-refractivity contribution in [2.24, 2.45) is 0 Å². The van der Waals surface area contributed by atoms with Crippen molar-refractivity contribution in [1.82, 2.24) is 4.90 Å². The molecule has 1 aromatic rings. The van der Waals surface area contributed by atoms with E-state index in [2.05, 4.69) is 19.1 Å². The van der Waals surface area contributed by atoms with Crippen LogP contribution in [0.3, 0.4) is 0 Å². The summed E-state index contributed by atoms with van der Waals surface area (Å²) in [6.45, 7) is 4.65. The van der Waals surface area contributed by atoms with Gasteiger partial charge in [-0.1, -0.05) is 0 Å². The fourth-order valence-corrected chi connectivity index (χ4v) is 4.04. The summed E-state index contributed by atoms with van der Waals surface area (Å²) >= 11 is 3.65. The molecule has 0 aromatic carbocycles. The van der Waals surface area contributed by atoms with Gasteiger partial charge < -0.3 is 4.90 Å². The first kappa shape index (κ1) is 10.1. The minimum Gasteiger partial charge on any atom is -0.325 e. The molecule has 1 saturated heterocycles. The molecular weight excluding hydrogens is 214 g/mol. The van der Waals surface area contributed by atoms with Gasteiger partial charge in [0.05, 0.1) is 0 Å². The molecule has 2 rings (SSSR count). The number of amides is 1. The van der Waals surface area contributed by atoms with Crippen molar-refractivity contribution in [1.29, 1.82) is 0 Å². The van der Waals surface area contributed by atoms with Crippen molar-refractivity contribution in [2.75, 3.05) is 12.3 Å². The molecule has 1 amide bonds. The number of rotatable bonds is 1. The standard InChI is InChI=1S/C10H13NOS2/c1-7-3-4-9(14-7)10-11(8(2)12)5-6-13-10/h3-4,10H,5-6H2,1-2H3/t10-/m1/s1. The smallest absolute Gasteiger partial charge is 0.220 e. The summed E-state index contributed by atoms with van der Waals surface area (Å²) in [7, 11) is 0. The lowest BCUT2D eigenvalue weighted by molar-refractivity contribution is -0.128. The van der Waals surface area contributed by atoms with E-state index in [0.717, 1.165) is 12.3 Å². The number of nitrogens with zero attached hydrogens (tertiary/aromatic N) is 1. The van der Waals surface area contributed by atoms with E-state index in [9.17, 15) is 4.79 Å². The molecule has 2 nitrogen and oxygen atoms in total. The highest BCUT2D eigenvalue weighted by Gasteiger charge is 2.29. The minimum atomic E-state index is 0.186. The fraction of sp³-hybridized carbons (Fsp3) is 0.500. The van der Waals surface area contributed by atoms with Gasteiger partial charge in [0.2, 0.25) is 5.91 Å². The van der Waals surface area contributed by atoms with Crippen LogP contribution in [-0.2, 0) is 4.79 Å². The van der Waals surface area contributed by atoms with Crippen LogP contribution in [0.15, 0.2) is 12.1 Å². The van der Waals surface area contributed by atoms with Gasteiger partial charge in [-0.05, 0) is 19.1 Å². The summed E-state index contributed by atoms with van der Waals surface area (Å²) in [6, 6.07) is 4.26. The number of hydrogen-bond acceptors (Lipinski definition) is 3. The van der Waals surface area contributed by atoms with Gasteiger partial charge in [-0.15, -0.1) is 23.1 Å². The van der Waals surface area contributed by atoms with Gasteiger partial charge in [0.1, 0.15) is 5.37 Å². The number of aryl methyl sites for hydroxylation is 1. The average molecular weight is 227 g/mol. The van der Waals surface area contributed by atoms with Crippen LogP contribution in [0, 0.1) is 6.92 Å². The van der Waals surface area contributed by atoms with E-state index in [4.69, 9.17) is 0 Å². The number of carbonyl (C=O) groups is 1. The van der Waals surface area contributed by atoms with Gasteiger partial charge in [-0.25, -0.2) is 0 Å². The maximum absolute atomic E-state index is 11.4. The third-order valence-electron chi connectivity index (χ3n) is 2.30. The molecule has 0 N–H and O–H groups in total. The van der Waals surface area contributed by atoms with E-state index < -0.39 is 0 Å². The highest BCUT2D eigenvalue weighted by molar-refractivity contribution is 7.99. The third-order valence-corrected chi connectivity index (χ3v) is 4.74. The molecule has 1 fully saturated rings. The molecule has 2 heterocycles. The van der Waals surface area contributed by atoms with Crippen molar-refractivity contribution in [3.8, 4) is 0 Å². The molecule has 1 aromatic heterocycles. The second kappa shape index (κ2) is 3.95. The van der Waals surface area contributed by atoms with Crippen LogP contribution < -0.4 is 0 Å². The molecule has 1 atom stereocenters. The summed E-state index contributed by atoms with van der Waals surface area (Å²) in [5, 5.41) is 0.270. The molecule has 1 aliphatic rings. The van der Waals surface area contributed by atoms with Crippen molar-refractivity contribution < 1.29 is 4.79 Å². The SMILES string of the molecule is CC(=O)N1CCS[C@@H]1c1ccc(C)s1. The molecule has 0 radical (unpaired) electrons. The second-order valence-electron chi connectivity index (χ2n) is 3.38. The highest BCUT2D eigenvalue weighted by Crippen LogP contribution is 2.40. The first-order chi connectivity index (χ1) is 6.68. The van der Waals surface area contributed by atoms with Gasteiger partial charge in [0, 0.05) is 29.0 Å². The number of thioether (sulfide) groups is 1. The lowest BCUT2D eigenvalue weighted by Crippen LogP contribution is -2.27. The predicted molar refractivity (Wildman–Crippen MR) is 61.6 cm³/mol. The monoisotopic (exact) mass is 227 g/mol.